The van der Waals surface area contributed by atoms with Crippen LogP contribution in [-0.4, -0.2) is 42.8 Å². The van der Waals surface area contributed by atoms with E-state index >= 15 is 0 Å². The van der Waals surface area contributed by atoms with Gasteiger partial charge in [0, 0.05) is 44.2 Å². The Morgan fingerprint density at radius 2 is 1.40 bits per heavy atom. The highest BCUT2D eigenvalue weighted by Gasteiger charge is 2.03. The van der Waals surface area contributed by atoms with Crippen molar-refractivity contribution < 1.29 is 0 Å². The van der Waals surface area contributed by atoms with Crippen molar-refractivity contribution in [3.05, 3.63) is 51.0 Å². The van der Waals surface area contributed by atoms with Gasteiger partial charge in [-0.05, 0) is 54.8 Å². The third-order valence-corrected chi connectivity index (χ3v) is 4.18. The molecular weight excluding hydrogens is 520 g/mol. The lowest BCUT2D eigenvalue weighted by atomic mass is 10.6. The minimum absolute atomic E-state index is 0.747. The van der Waals surface area contributed by atoms with Gasteiger partial charge in [0.25, 0.3) is 0 Å². The standard InChI is InChI=1S/C7H7BrN4.C6H3Br2N3.CH5N/c1-9-6-7-10-2-3-12(7)4-5(8)11-6;7-4-3-11-2-1-9-6(11)5(8)10-4;1-2/h2-4H,1H3,(H,9,11);1-3H;2H2,1H3. The van der Waals surface area contributed by atoms with E-state index in [1.165, 1.54) is 7.05 Å². The van der Waals surface area contributed by atoms with Gasteiger partial charge in [0.05, 0.1) is 0 Å². The van der Waals surface area contributed by atoms with Crippen molar-refractivity contribution in [2.24, 2.45) is 5.73 Å². The number of nitrogens with two attached hydrogens (primary N) is 1. The van der Waals surface area contributed by atoms with Crippen LogP contribution < -0.4 is 11.1 Å². The highest BCUT2D eigenvalue weighted by molar-refractivity contribution is 9.11. The largest absolute Gasteiger partial charge is 0.370 e. The van der Waals surface area contributed by atoms with E-state index in [9.17, 15) is 0 Å². The first-order valence-corrected chi connectivity index (χ1v) is 9.36. The average Bonchev–Trinajstić information content (AvgIpc) is 3.25. The van der Waals surface area contributed by atoms with Crippen molar-refractivity contribution in [2.45, 2.75) is 0 Å². The molecule has 0 saturated carbocycles. The molecule has 0 saturated heterocycles. The average molecular weight is 535 g/mol. The molecule has 0 aliphatic heterocycles. The summed E-state index contributed by atoms with van der Waals surface area (Å²) in [5.41, 5.74) is 6.16. The number of imidazole rings is 2. The summed E-state index contributed by atoms with van der Waals surface area (Å²) in [6, 6.07) is 0. The van der Waals surface area contributed by atoms with Crippen LogP contribution in [0.3, 0.4) is 0 Å². The van der Waals surface area contributed by atoms with Crippen LogP contribution in [0.15, 0.2) is 51.0 Å². The number of halogens is 3. The van der Waals surface area contributed by atoms with Crippen LogP contribution in [0.1, 0.15) is 0 Å². The summed E-state index contributed by atoms with van der Waals surface area (Å²) in [4.78, 5) is 16.6. The summed E-state index contributed by atoms with van der Waals surface area (Å²) >= 11 is 9.89. The van der Waals surface area contributed by atoms with E-state index in [2.05, 4.69) is 78.8 Å². The normalized spacial score (nSPS) is 10.0. The van der Waals surface area contributed by atoms with E-state index in [1.54, 1.807) is 12.4 Å². The molecule has 4 rings (SSSR count). The summed E-state index contributed by atoms with van der Waals surface area (Å²) in [5, 5.41) is 2.97. The third kappa shape index (κ3) is 4.75. The van der Waals surface area contributed by atoms with E-state index in [1.807, 2.05) is 40.6 Å². The number of fused-ring (bicyclic) bond motifs is 2. The van der Waals surface area contributed by atoms with Gasteiger partial charge in [-0.15, -0.1) is 0 Å². The molecule has 0 spiro atoms. The molecule has 132 valence electrons. The zero-order valence-corrected chi connectivity index (χ0v) is 18.1. The fourth-order valence-corrected chi connectivity index (χ4v) is 3.47. The molecule has 0 bridgehead atoms. The lowest BCUT2D eigenvalue weighted by Crippen LogP contribution is -1.97. The van der Waals surface area contributed by atoms with Gasteiger partial charge in [0.15, 0.2) is 21.7 Å². The Kier molecular flexibility index (Phi) is 7.29. The summed E-state index contributed by atoms with van der Waals surface area (Å²) < 4.78 is 6.12. The molecule has 4 aromatic heterocycles. The fraction of sp³-hybridized carbons (Fsp3) is 0.143. The van der Waals surface area contributed by atoms with Gasteiger partial charge in [-0.2, -0.15) is 0 Å². The number of nitrogens with one attached hydrogen (secondary N) is 1. The SMILES string of the molecule is Brc1cn2ccnc2c(Br)n1.CN.CNc1nc(Br)cn2ccnc12. The molecule has 4 heterocycles. The number of rotatable bonds is 1. The van der Waals surface area contributed by atoms with Crippen molar-refractivity contribution in [2.75, 3.05) is 19.4 Å². The minimum atomic E-state index is 0.747. The summed E-state index contributed by atoms with van der Waals surface area (Å²) in [6.07, 6.45) is 10.9. The first-order valence-electron chi connectivity index (χ1n) is 6.98. The highest BCUT2D eigenvalue weighted by atomic mass is 79.9. The zero-order valence-electron chi connectivity index (χ0n) is 13.4. The Morgan fingerprint density at radius 1 is 0.880 bits per heavy atom. The summed E-state index contributed by atoms with van der Waals surface area (Å²) in [7, 11) is 3.32. The second-order valence-corrected chi connectivity index (χ2v) is 6.71. The minimum Gasteiger partial charge on any atom is -0.370 e. The molecule has 25 heavy (non-hydrogen) atoms. The Balaban J connectivity index is 0.000000165. The van der Waals surface area contributed by atoms with E-state index in [-0.39, 0.29) is 0 Å². The number of nitrogens with zero attached hydrogens (tertiary/aromatic N) is 6. The maximum Gasteiger partial charge on any atom is 0.180 e. The molecule has 3 N–H and O–H groups in total. The Labute approximate surface area is 169 Å². The van der Waals surface area contributed by atoms with Crippen LogP contribution in [0.25, 0.3) is 11.3 Å². The molecule has 0 aliphatic rings. The monoisotopic (exact) mass is 532 g/mol. The van der Waals surface area contributed by atoms with Crippen molar-refractivity contribution in [3.63, 3.8) is 0 Å². The predicted molar refractivity (Wildman–Crippen MR) is 109 cm³/mol. The Hall–Kier alpha value is -1.56. The molecular formula is C14H15Br3N8. The second-order valence-electron chi connectivity index (χ2n) is 4.33. The van der Waals surface area contributed by atoms with Crippen LogP contribution in [0.4, 0.5) is 5.82 Å². The van der Waals surface area contributed by atoms with Gasteiger partial charge in [0.2, 0.25) is 0 Å². The zero-order chi connectivity index (χ0) is 18.4. The van der Waals surface area contributed by atoms with Gasteiger partial charge in [-0.25, -0.2) is 19.9 Å². The summed E-state index contributed by atoms with van der Waals surface area (Å²) in [6.45, 7) is 0. The smallest absolute Gasteiger partial charge is 0.180 e. The predicted octanol–water partition coefficient (Wildman–Crippen LogP) is 3.36. The number of anilines is 1. The summed E-state index contributed by atoms with van der Waals surface area (Å²) in [5.74, 6) is 0.773. The molecule has 4 aromatic rings. The first-order chi connectivity index (χ1) is 12.1. The molecule has 0 aromatic carbocycles. The molecule has 0 unspecified atom stereocenters. The maximum atomic E-state index is 4.50. The van der Waals surface area contributed by atoms with Crippen LogP contribution in [-0.2, 0) is 0 Å². The quantitative estimate of drug-likeness (QED) is 0.388. The first kappa shape index (κ1) is 19.8. The Bertz CT molecular complexity index is 965. The number of aromatic nitrogens is 6. The topological polar surface area (TPSA) is 98.4 Å². The van der Waals surface area contributed by atoms with Gasteiger partial charge in [-0.3, -0.25) is 0 Å². The molecule has 0 aliphatic carbocycles. The van der Waals surface area contributed by atoms with Crippen LogP contribution in [0.5, 0.6) is 0 Å². The van der Waals surface area contributed by atoms with Crippen molar-refractivity contribution in [3.8, 4) is 0 Å². The van der Waals surface area contributed by atoms with Gasteiger partial charge >= 0.3 is 0 Å². The van der Waals surface area contributed by atoms with E-state index < -0.39 is 0 Å². The molecule has 0 fully saturated rings. The third-order valence-electron chi connectivity index (χ3n) is 2.89. The molecule has 0 atom stereocenters. The molecule has 8 nitrogen and oxygen atoms in total. The van der Waals surface area contributed by atoms with Crippen LogP contribution in [0.2, 0.25) is 0 Å². The van der Waals surface area contributed by atoms with Gasteiger partial charge in [-0.1, -0.05) is 0 Å². The van der Waals surface area contributed by atoms with Crippen molar-refractivity contribution >= 4 is 64.9 Å². The van der Waals surface area contributed by atoms with Gasteiger partial charge in [0.1, 0.15) is 9.21 Å². The lowest BCUT2D eigenvalue weighted by molar-refractivity contribution is 1.08. The molecule has 0 radical (unpaired) electrons. The van der Waals surface area contributed by atoms with E-state index in [0.717, 1.165) is 30.9 Å². The lowest BCUT2D eigenvalue weighted by Gasteiger charge is -2.01. The molecule has 11 heteroatoms. The van der Waals surface area contributed by atoms with Gasteiger partial charge < -0.3 is 19.9 Å². The van der Waals surface area contributed by atoms with E-state index in [0.29, 0.717) is 0 Å². The fourth-order valence-electron chi connectivity index (χ4n) is 1.93. The van der Waals surface area contributed by atoms with Crippen LogP contribution in [0, 0.1) is 0 Å². The second kappa shape index (κ2) is 9.22. The van der Waals surface area contributed by atoms with Crippen molar-refractivity contribution in [1.82, 2.24) is 28.7 Å². The number of hydrogen-bond donors (Lipinski definition) is 2. The van der Waals surface area contributed by atoms with E-state index in [4.69, 9.17) is 0 Å². The maximum absolute atomic E-state index is 4.50. The van der Waals surface area contributed by atoms with Crippen LogP contribution >= 0.6 is 47.8 Å². The van der Waals surface area contributed by atoms with Crippen molar-refractivity contribution in [1.29, 1.82) is 0 Å². The number of hydrogen-bond acceptors (Lipinski definition) is 6. The molecule has 0 amide bonds. The Morgan fingerprint density at radius 3 is 2.00 bits per heavy atom. The highest BCUT2D eigenvalue weighted by Crippen LogP contribution is 2.17.